The van der Waals surface area contributed by atoms with Crippen LogP contribution in [-0.4, -0.2) is 18.6 Å². The first-order valence-corrected chi connectivity index (χ1v) is 7.75. The molecular formula is C17H26N2O2. The Morgan fingerprint density at radius 1 is 1.33 bits per heavy atom. The Morgan fingerprint density at radius 2 is 2.05 bits per heavy atom. The van der Waals surface area contributed by atoms with Crippen molar-refractivity contribution in [3.63, 3.8) is 0 Å². The summed E-state index contributed by atoms with van der Waals surface area (Å²) in [6.45, 7) is 5.01. The third-order valence-corrected chi connectivity index (χ3v) is 4.32. The van der Waals surface area contributed by atoms with Gasteiger partial charge in [-0.05, 0) is 42.5 Å². The van der Waals surface area contributed by atoms with E-state index >= 15 is 0 Å². The van der Waals surface area contributed by atoms with Gasteiger partial charge >= 0.3 is 0 Å². The SMILES string of the molecule is CC1(C)CCCCC1Nc1ccc(OCCC(N)=O)cc1. The molecule has 0 heterocycles. The lowest BCUT2D eigenvalue weighted by Gasteiger charge is -2.39. The average Bonchev–Trinajstić information content (AvgIpc) is 2.42. The van der Waals surface area contributed by atoms with Gasteiger partial charge in [0.25, 0.3) is 0 Å². The van der Waals surface area contributed by atoms with Gasteiger partial charge in [0.15, 0.2) is 0 Å². The maximum atomic E-state index is 10.7. The molecule has 1 aliphatic rings. The van der Waals surface area contributed by atoms with E-state index in [4.69, 9.17) is 10.5 Å². The number of hydrogen-bond donors (Lipinski definition) is 2. The number of rotatable bonds is 6. The second-order valence-corrected chi connectivity index (χ2v) is 6.52. The molecule has 0 saturated heterocycles. The standard InChI is InChI=1S/C17H26N2O2/c1-17(2)11-4-3-5-15(17)19-13-6-8-14(9-7-13)21-12-10-16(18)20/h6-9,15,19H,3-5,10-12H2,1-2H3,(H2,18,20). The number of amides is 1. The molecule has 1 fully saturated rings. The Bertz CT molecular complexity index is 468. The minimum absolute atomic E-state index is 0.246. The molecule has 1 amide bonds. The Balaban J connectivity index is 1.88. The molecule has 1 atom stereocenters. The van der Waals surface area contributed by atoms with Crippen molar-refractivity contribution < 1.29 is 9.53 Å². The number of hydrogen-bond acceptors (Lipinski definition) is 3. The fraction of sp³-hybridized carbons (Fsp3) is 0.588. The molecule has 1 aromatic carbocycles. The summed E-state index contributed by atoms with van der Waals surface area (Å²) in [7, 11) is 0. The van der Waals surface area contributed by atoms with Gasteiger partial charge < -0.3 is 15.8 Å². The van der Waals surface area contributed by atoms with Gasteiger partial charge in [-0.1, -0.05) is 26.7 Å². The monoisotopic (exact) mass is 290 g/mol. The number of carbonyl (C=O) groups is 1. The first-order valence-electron chi connectivity index (χ1n) is 7.75. The van der Waals surface area contributed by atoms with Gasteiger partial charge in [0, 0.05) is 11.7 Å². The van der Waals surface area contributed by atoms with Gasteiger partial charge in [-0.25, -0.2) is 0 Å². The number of carbonyl (C=O) groups excluding carboxylic acids is 1. The summed E-state index contributed by atoms with van der Waals surface area (Å²) in [5.74, 6) is 0.428. The normalized spacial score (nSPS) is 20.8. The van der Waals surface area contributed by atoms with Gasteiger partial charge in [0.1, 0.15) is 5.75 Å². The zero-order valence-corrected chi connectivity index (χ0v) is 13.0. The maximum absolute atomic E-state index is 10.7. The molecule has 21 heavy (non-hydrogen) atoms. The number of nitrogens with two attached hydrogens (primary N) is 1. The molecule has 1 aliphatic carbocycles. The van der Waals surface area contributed by atoms with Crippen LogP contribution in [0, 0.1) is 5.41 Å². The van der Waals surface area contributed by atoms with Crippen LogP contribution in [0.1, 0.15) is 46.0 Å². The number of benzene rings is 1. The van der Waals surface area contributed by atoms with E-state index in [1.54, 1.807) is 0 Å². The van der Waals surface area contributed by atoms with E-state index in [0.29, 0.717) is 18.1 Å². The lowest BCUT2D eigenvalue weighted by Crippen LogP contribution is -2.38. The highest BCUT2D eigenvalue weighted by Crippen LogP contribution is 2.37. The summed E-state index contributed by atoms with van der Waals surface area (Å²) in [4.78, 5) is 10.7. The van der Waals surface area contributed by atoms with E-state index in [1.807, 2.05) is 24.3 Å². The molecule has 0 radical (unpaired) electrons. The van der Waals surface area contributed by atoms with Crippen LogP contribution in [-0.2, 0) is 4.79 Å². The molecule has 0 aromatic heterocycles. The summed E-state index contributed by atoms with van der Waals surface area (Å²) >= 11 is 0. The molecule has 1 aromatic rings. The van der Waals surface area contributed by atoms with E-state index in [1.165, 1.54) is 25.7 Å². The highest BCUT2D eigenvalue weighted by Gasteiger charge is 2.31. The molecule has 4 nitrogen and oxygen atoms in total. The Hall–Kier alpha value is -1.71. The van der Waals surface area contributed by atoms with Crippen LogP contribution in [0.5, 0.6) is 5.75 Å². The van der Waals surface area contributed by atoms with E-state index in [0.717, 1.165) is 11.4 Å². The molecule has 3 N–H and O–H groups in total. The Morgan fingerprint density at radius 3 is 2.67 bits per heavy atom. The van der Waals surface area contributed by atoms with Crippen molar-refractivity contribution in [2.75, 3.05) is 11.9 Å². The second-order valence-electron chi connectivity index (χ2n) is 6.52. The third kappa shape index (κ3) is 4.66. The summed E-state index contributed by atoms with van der Waals surface area (Å²) in [5, 5.41) is 3.64. The number of nitrogens with one attached hydrogen (secondary N) is 1. The van der Waals surface area contributed by atoms with E-state index in [9.17, 15) is 4.79 Å². The Labute approximate surface area is 127 Å². The predicted octanol–water partition coefficient (Wildman–Crippen LogP) is 3.32. The smallest absolute Gasteiger partial charge is 0.220 e. The van der Waals surface area contributed by atoms with Gasteiger partial charge in [0.05, 0.1) is 13.0 Å². The van der Waals surface area contributed by atoms with Crippen molar-refractivity contribution in [3.8, 4) is 5.75 Å². The summed E-state index contributed by atoms with van der Waals surface area (Å²) < 4.78 is 5.47. The molecule has 2 rings (SSSR count). The molecule has 1 saturated carbocycles. The van der Waals surface area contributed by atoms with Gasteiger partial charge in [-0.15, -0.1) is 0 Å². The lowest BCUT2D eigenvalue weighted by atomic mass is 9.73. The molecule has 0 spiro atoms. The largest absolute Gasteiger partial charge is 0.493 e. The zero-order chi connectivity index (χ0) is 15.3. The molecule has 1 unspecified atom stereocenters. The molecule has 0 aliphatic heterocycles. The van der Waals surface area contributed by atoms with Crippen LogP contribution >= 0.6 is 0 Å². The first-order chi connectivity index (χ1) is 9.97. The third-order valence-electron chi connectivity index (χ3n) is 4.32. The minimum atomic E-state index is -0.340. The van der Waals surface area contributed by atoms with E-state index < -0.39 is 0 Å². The average molecular weight is 290 g/mol. The minimum Gasteiger partial charge on any atom is -0.493 e. The number of primary amides is 1. The number of anilines is 1. The zero-order valence-electron chi connectivity index (χ0n) is 13.0. The predicted molar refractivity (Wildman–Crippen MR) is 85.4 cm³/mol. The fourth-order valence-electron chi connectivity index (χ4n) is 2.88. The van der Waals surface area contributed by atoms with Crippen LogP contribution in [0.25, 0.3) is 0 Å². The Kier molecular flexibility index (Phi) is 5.10. The highest BCUT2D eigenvalue weighted by atomic mass is 16.5. The summed E-state index contributed by atoms with van der Waals surface area (Å²) in [6, 6.07) is 8.44. The van der Waals surface area contributed by atoms with Crippen molar-refractivity contribution >= 4 is 11.6 Å². The van der Waals surface area contributed by atoms with Crippen molar-refractivity contribution in [2.45, 2.75) is 52.0 Å². The van der Waals surface area contributed by atoms with Gasteiger partial charge in [0.2, 0.25) is 5.91 Å². The van der Waals surface area contributed by atoms with Crippen molar-refractivity contribution in [2.24, 2.45) is 11.1 Å². The quantitative estimate of drug-likeness (QED) is 0.844. The summed E-state index contributed by atoms with van der Waals surface area (Å²) in [6.07, 6.45) is 5.38. The van der Waals surface area contributed by atoms with Crippen molar-refractivity contribution in [1.82, 2.24) is 0 Å². The number of ether oxygens (including phenoxy) is 1. The van der Waals surface area contributed by atoms with Crippen LogP contribution in [0.4, 0.5) is 5.69 Å². The lowest BCUT2D eigenvalue weighted by molar-refractivity contribution is -0.118. The van der Waals surface area contributed by atoms with Crippen LogP contribution in [0.2, 0.25) is 0 Å². The van der Waals surface area contributed by atoms with Gasteiger partial charge in [-0.2, -0.15) is 0 Å². The van der Waals surface area contributed by atoms with Crippen molar-refractivity contribution in [3.05, 3.63) is 24.3 Å². The topological polar surface area (TPSA) is 64.3 Å². The van der Waals surface area contributed by atoms with Crippen molar-refractivity contribution in [1.29, 1.82) is 0 Å². The second kappa shape index (κ2) is 6.83. The van der Waals surface area contributed by atoms with Gasteiger partial charge in [-0.3, -0.25) is 4.79 Å². The highest BCUT2D eigenvalue weighted by molar-refractivity contribution is 5.73. The maximum Gasteiger partial charge on any atom is 0.220 e. The van der Waals surface area contributed by atoms with Crippen LogP contribution in [0.15, 0.2) is 24.3 Å². The molecule has 0 bridgehead atoms. The molecular weight excluding hydrogens is 264 g/mol. The van der Waals surface area contributed by atoms with E-state index in [-0.39, 0.29) is 12.3 Å². The molecule has 4 heteroatoms. The van der Waals surface area contributed by atoms with Crippen LogP contribution in [0.3, 0.4) is 0 Å². The first kappa shape index (κ1) is 15.7. The fourth-order valence-corrected chi connectivity index (χ4v) is 2.88. The molecule has 116 valence electrons. The van der Waals surface area contributed by atoms with E-state index in [2.05, 4.69) is 19.2 Å². The van der Waals surface area contributed by atoms with Crippen LogP contribution < -0.4 is 15.8 Å². The summed E-state index contributed by atoms with van der Waals surface area (Å²) in [5.41, 5.74) is 6.55.